The molecule has 0 aliphatic carbocycles. The van der Waals surface area contributed by atoms with Crippen LogP contribution in [0.15, 0.2) is 81.8 Å². The number of hydrogen-bond acceptors (Lipinski definition) is 7. The van der Waals surface area contributed by atoms with Crippen molar-refractivity contribution >= 4 is 23.4 Å². The zero-order valence-electron chi connectivity index (χ0n) is 16.8. The summed E-state index contributed by atoms with van der Waals surface area (Å²) in [4.78, 5) is 13.1. The van der Waals surface area contributed by atoms with E-state index < -0.39 is 0 Å². The van der Waals surface area contributed by atoms with Crippen LogP contribution >= 0.6 is 23.4 Å². The summed E-state index contributed by atoms with van der Waals surface area (Å²) in [5.41, 5.74) is 1.72. The first kappa shape index (κ1) is 21.2. The van der Waals surface area contributed by atoms with Crippen molar-refractivity contribution in [1.29, 1.82) is 0 Å². The standard InChI is InChI=1S/C23H20ClN3O3S/c1-28-18-6-2-3-7-19(18)29-15-4-8-20-21(16-9-11-17(24)12-10-16)27-23(30-20)31-22-25-13-5-14-26-22/h2-3,5-7,9-14H,4,8,15H2,1H3. The maximum absolute atomic E-state index is 6.06. The number of ether oxygens (including phenoxy) is 2. The van der Waals surface area contributed by atoms with E-state index >= 15 is 0 Å². The summed E-state index contributed by atoms with van der Waals surface area (Å²) in [6.45, 7) is 0.519. The third-order valence-electron chi connectivity index (χ3n) is 4.39. The van der Waals surface area contributed by atoms with Crippen molar-refractivity contribution in [3.05, 3.63) is 77.8 Å². The van der Waals surface area contributed by atoms with E-state index in [1.807, 2.05) is 48.5 Å². The van der Waals surface area contributed by atoms with Gasteiger partial charge in [0.2, 0.25) is 0 Å². The number of nitrogens with zero attached hydrogens (tertiary/aromatic N) is 3. The molecule has 31 heavy (non-hydrogen) atoms. The van der Waals surface area contributed by atoms with Gasteiger partial charge in [0, 0.05) is 41.2 Å². The van der Waals surface area contributed by atoms with Gasteiger partial charge in [0.1, 0.15) is 11.5 Å². The molecule has 0 aliphatic heterocycles. The van der Waals surface area contributed by atoms with Gasteiger partial charge in [-0.05, 0) is 36.8 Å². The maximum Gasteiger partial charge on any atom is 0.264 e. The van der Waals surface area contributed by atoms with Crippen molar-refractivity contribution in [2.24, 2.45) is 0 Å². The smallest absolute Gasteiger partial charge is 0.264 e. The molecule has 4 aromatic rings. The number of methoxy groups -OCH3 is 1. The van der Waals surface area contributed by atoms with Gasteiger partial charge in [-0.2, -0.15) is 0 Å². The average molecular weight is 454 g/mol. The molecule has 4 rings (SSSR count). The number of aryl methyl sites for hydroxylation is 1. The molecule has 8 heteroatoms. The number of para-hydroxylation sites is 2. The lowest BCUT2D eigenvalue weighted by atomic mass is 10.1. The molecule has 0 amide bonds. The van der Waals surface area contributed by atoms with Gasteiger partial charge in [-0.15, -0.1) is 0 Å². The first-order chi connectivity index (χ1) is 15.2. The molecule has 158 valence electrons. The van der Waals surface area contributed by atoms with Gasteiger partial charge in [0.25, 0.3) is 5.22 Å². The van der Waals surface area contributed by atoms with Crippen molar-refractivity contribution in [2.45, 2.75) is 23.2 Å². The molecule has 2 aromatic heterocycles. The summed E-state index contributed by atoms with van der Waals surface area (Å²) >= 11 is 7.33. The van der Waals surface area contributed by atoms with Gasteiger partial charge in [0.15, 0.2) is 16.7 Å². The molecule has 0 atom stereocenters. The van der Waals surface area contributed by atoms with E-state index in [0.717, 1.165) is 29.2 Å². The van der Waals surface area contributed by atoms with Crippen molar-refractivity contribution in [2.75, 3.05) is 13.7 Å². The maximum atomic E-state index is 6.06. The Labute approximate surface area is 189 Å². The Hall–Kier alpha value is -3.03. The SMILES string of the molecule is COc1ccccc1OCCCc1oc(Sc2ncccn2)nc1-c1ccc(Cl)cc1. The van der Waals surface area contributed by atoms with E-state index in [1.54, 1.807) is 25.6 Å². The Kier molecular flexibility index (Phi) is 7.07. The molecule has 0 saturated heterocycles. The van der Waals surface area contributed by atoms with Gasteiger partial charge in [-0.1, -0.05) is 35.9 Å². The molecule has 6 nitrogen and oxygen atoms in total. The highest BCUT2D eigenvalue weighted by Gasteiger charge is 2.17. The largest absolute Gasteiger partial charge is 0.493 e. The van der Waals surface area contributed by atoms with Gasteiger partial charge in [-0.3, -0.25) is 0 Å². The molecule has 0 unspecified atom stereocenters. The lowest BCUT2D eigenvalue weighted by molar-refractivity contribution is 0.284. The summed E-state index contributed by atoms with van der Waals surface area (Å²) in [5.74, 6) is 2.22. The van der Waals surface area contributed by atoms with Crippen LogP contribution in [-0.2, 0) is 6.42 Å². The minimum absolute atomic E-state index is 0.497. The number of rotatable bonds is 9. The van der Waals surface area contributed by atoms with Gasteiger partial charge < -0.3 is 13.9 Å². The predicted molar refractivity (Wildman–Crippen MR) is 120 cm³/mol. The normalized spacial score (nSPS) is 10.8. The first-order valence-corrected chi connectivity index (χ1v) is 10.9. The topological polar surface area (TPSA) is 70.3 Å². The van der Waals surface area contributed by atoms with E-state index in [-0.39, 0.29) is 0 Å². The van der Waals surface area contributed by atoms with Crippen LogP contribution in [0.5, 0.6) is 11.5 Å². The van der Waals surface area contributed by atoms with E-state index in [0.29, 0.717) is 34.2 Å². The fourth-order valence-corrected chi connectivity index (χ4v) is 3.73. The number of halogens is 1. The number of oxazole rings is 1. The second-order valence-electron chi connectivity index (χ2n) is 6.49. The second-order valence-corrected chi connectivity index (χ2v) is 7.85. The van der Waals surface area contributed by atoms with Gasteiger partial charge in [-0.25, -0.2) is 15.0 Å². The van der Waals surface area contributed by atoms with Crippen molar-refractivity contribution in [1.82, 2.24) is 15.0 Å². The molecule has 0 saturated carbocycles. The van der Waals surface area contributed by atoms with Crippen LogP contribution in [0.1, 0.15) is 12.2 Å². The Morgan fingerprint density at radius 2 is 1.71 bits per heavy atom. The first-order valence-electron chi connectivity index (χ1n) is 9.69. The van der Waals surface area contributed by atoms with E-state index in [1.165, 1.54) is 11.8 Å². The third-order valence-corrected chi connectivity index (χ3v) is 5.39. The summed E-state index contributed by atoms with van der Waals surface area (Å²) in [6.07, 6.45) is 4.79. The molecular formula is C23H20ClN3O3S. The molecule has 0 fully saturated rings. The van der Waals surface area contributed by atoms with Gasteiger partial charge in [0.05, 0.1) is 13.7 Å². The minimum atomic E-state index is 0.497. The van der Waals surface area contributed by atoms with Crippen molar-refractivity contribution in [3.63, 3.8) is 0 Å². The molecular weight excluding hydrogens is 434 g/mol. The highest BCUT2D eigenvalue weighted by atomic mass is 35.5. The fourth-order valence-electron chi connectivity index (χ4n) is 2.95. The van der Waals surface area contributed by atoms with Crippen LogP contribution in [0.4, 0.5) is 0 Å². The predicted octanol–water partition coefficient (Wildman–Crippen LogP) is 5.96. The number of benzene rings is 2. The second kappa shape index (κ2) is 10.3. The Morgan fingerprint density at radius 1 is 0.968 bits per heavy atom. The zero-order chi connectivity index (χ0) is 21.5. The quantitative estimate of drug-likeness (QED) is 0.229. The Balaban J connectivity index is 1.48. The molecule has 0 N–H and O–H groups in total. The Morgan fingerprint density at radius 3 is 2.45 bits per heavy atom. The monoisotopic (exact) mass is 453 g/mol. The number of aromatic nitrogens is 3. The van der Waals surface area contributed by atoms with Crippen molar-refractivity contribution < 1.29 is 13.9 Å². The van der Waals surface area contributed by atoms with Crippen LogP contribution in [0.3, 0.4) is 0 Å². The van der Waals surface area contributed by atoms with Crippen LogP contribution in [-0.4, -0.2) is 28.7 Å². The molecule has 0 spiro atoms. The van der Waals surface area contributed by atoms with Crippen molar-refractivity contribution in [3.8, 4) is 22.8 Å². The van der Waals surface area contributed by atoms with Crippen LogP contribution < -0.4 is 9.47 Å². The molecule has 0 aliphatic rings. The highest BCUT2D eigenvalue weighted by molar-refractivity contribution is 7.98. The van der Waals surface area contributed by atoms with Crippen LogP contribution in [0.25, 0.3) is 11.3 Å². The molecule has 2 heterocycles. The molecule has 2 aromatic carbocycles. The lowest BCUT2D eigenvalue weighted by Gasteiger charge is -2.09. The number of hydrogen-bond donors (Lipinski definition) is 0. The lowest BCUT2D eigenvalue weighted by Crippen LogP contribution is -2.01. The van der Waals surface area contributed by atoms with Crippen LogP contribution in [0.2, 0.25) is 5.02 Å². The Bertz CT molecular complexity index is 1120. The summed E-state index contributed by atoms with van der Waals surface area (Å²) in [5, 5.41) is 1.75. The highest BCUT2D eigenvalue weighted by Crippen LogP contribution is 2.32. The van der Waals surface area contributed by atoms with E-state index in [4.69, 9.17) is 25.5 Å². The zero-order valence-corrected chi connectivity index (χ0v) is 18.4. The summed E-state index contributed by atoms with van der Waals surface area (Å²) < 4.78 is 17.3. The summed E-state index contributed by atoms with van der Waals surface area (Å²) in [6, 6.07) is 16.9. The molecule has 0 bridgehead atoms. The third kappa shape index (κ3) is 5.57. The minimum Gasteiger partial charge on any atom is -0.493 e. The van der Waals surface area contributed by atoms with E-state index in [9.17, 15) is 0 Å². The van der Waals surface area contributed by atoms with E-state index in [2.05, 4.69) is 15.0 Å². The molecule has 0 radical (unpaired) electrons. The average Bonchev–Trinajstić information content (AvgIpc) is 3.20. The fraction of sp³-hybridized carbons (Fsp3) is 0.174. The summed E-state index contributed by atoms with van der Waals surface area (Å²) in [7, 11) is 1.63. The van der Waals surface area contributed by atoms with Gasteiger partial charge >= 0.3 is 0 Å². The van der Waals surface area contributed by atoms with Crippen LogP contribution in [0, 0.1) is 0 Å².